The minimum atomic E-state index is 0.402. The van der Waals surface area contributed by atoms with E-state index in [-0.39, 0.29) is 0 Å². The second kappa shape index (κ2) is 4.87. The normalized spacial score (nSPS) is 18.8. The van der Waals surface area contributed by atoms with Crippen LogP contribution in [0.15, 0.2) is 18.6 Å². The highest BCUT2D eigenvalue weighted by Crippen LogP contribution is 2.27. The van der Waals surface area contributed by atoms with Gasteiger partial charge in [0.2, 0.25) is 5.95 Å². The van der Waals surface area contributed by atoms with Crippen LogP contribution in [0.25, 0.3) is 0 Å². The van der Waals surface area contributed by atoms with Gasteiger partial charge in [0, 0.05) is 37.6 Å². The summed E-state index contributed by atoms with van der Waals surface area (Å²) in [5.74, 6) is 1.12. The fraction of sp³-hybridized carbons (Fsp3) is 0.462. The Labute approximate surface area is 111 Å². The van der Waals surface area contributed by atoms with Gasteiger partial charge in [-0.15, -0.1) is 5.10 Å². The highest BCUT2D eigenvalue weighted by molar-refractivity contribution is 5.33. The van der Waals surface area contributed by atoms with Crippen LogP contribution in [0.3, 0.4) is 0 Å². The number of aryl methyl sites for hydroxylation is 2. The average molecular weight is 256 g/mol. The molecule has 1 saturated heterocycles. The molecule has 2 aromatic rings. The quantitative estimate of drug-likeness (QED) is 0.806. The minimum absolute atomic E-state index is 0.402. The molecule has 1 aliphatic heterocycles. The van der Waals surface area contributed by atoms with E-state index >= 15 is 0 Å². The minimum Gasteiger partial charge on any atom is -0.339 e. The zero-order chi connectivity index (χ0) is 13.2. The molecule has 0 saturated carbocycles. The summed E-state index contributed by atoms with van der Waals surface area (Å²) in [5, 5.41) is 8.32. The number of aromatic nitrogens is 5. The van der Waals surface area contributed by atoms with Gasteiger partial charge in [0.05, 0.1) is 17.1 Å². The summed E-state index contributed by atoms with van der Waals surface area (Å²) in [6.07, 6.45) is 6.33. The highest BCUT2D eigenvalue weighted by atomic mass is 15.3. The Balaban J connectivity index is 1.77. The van der Waals surface area contributed by atoms with Crippen molar-refractivity contribution in [2.75, 3.05) is 18.0 Å². The van der Waals surface area contributed by atoms with Crippen molar-refractivity contribution in [1.29, 1.82) is 0 Å². The number of rotatable bonds is 2. The number of hydrogen-bond acceptors (Lipinski definition) is 6. The van der Waals surface area contributed by atoms with Gasteiger partial charge in [-0.3, -0.25) is 9.97 Å². The Morgan fingerprint density at radius 1 is 1.16 bits per heavy atom. The van der Waals surface area contributed by atoms with Crippen molar-refractivity contribution in [3.8, 4) is 0 Å². The first-order chi connectivity index (χ1) is 9.24. The van der Waals surface area contributed by atoms with Crippen LogP contribution in [-0.4, -0.2) is 38.2 Å². The summed E-state index contributed by atoms with van der Waals surface area (Å²) in [6.45, 7) is 5.70. The lowest BCUT2D eigenvalue weighted by Crippen LogP contribution is -2.23. The third-order valence-electron chi connectivity index (χ3n) is 3.55. The van der Waals surface area contributed by atoms with E-state index in [1.807, 2.05) is 20.0 Å². The molecule has 1 unspecified atom stereocenters. The molecule has 0 radical (unpaired) electrons. The summed E-state index contributed by atoms with van der Waals surface area (Å²) in [6, 6.07) is 0. The van der Waals surface area contributed by atoms with Gasteiger partial charge in [-0.05, 0) is 20.3 Å². The van der Waals surface area contributed by atoms with Crippen molar-refractivity contribution >= 4 is 5.95 Å². The van der Waals surface area contributed by atoms with Gasteiger partial charge in [0.25, 0.3) is 0 Å². The predicted octanol–water partition coefficient (Wildman–Crippen LogP) is 1.27. The smallest absolute Gasteiger partial charge is 0.245 e. The van der Waals surface area contributed by atoms with Crippen molar-refractivity contribution in [3.05, 3.63) is 35.7 Å². The van der Waals surface area contributed by atoms with Crippen LogP contribution >= 0.6 is 0 Å². The number of nitrogens with zero attached hydrogens (tertiary/aromatic N) is 6. The molecule has 1 aliphatic rings. The van der Waals surface area contributed by atoms with Crippen LogP contribution in [0.2, 0.25) is 0 Å². The van der Waals surface area contributed by atoms with E-state index in [0.717, 1.165) is 42.5 Å². The Morgan fingerprint density at radius 3 is 2.79 bits per heavy atom. The molecule has 1 fully saturated rings. The van der Waals surface area contributed by atoms with E-state index < -0.39 is 0 Å². The Kier molecular flexibility index (Phi) is 3.06. The molecule has 98 valence electrons. The molecule has 0 spiro atoms. The molecular weight excluding hydrogens is 240 g/mol. The van der Waals surface area contributed by atoms with Gasteiger partial charge in [0.1, 0.15) is 0 Å². The fourth-order valence-electron chi connectivity index (χ4n) is 2.28. The van der Waals surface area contributed by atoms with Crippen LogP contribution in [0, 0.1) is 13.8 Å². The SMILES string of the molecule is Cc1nnc(N2CCC(c3cnccn3)C2)nc1C. The summed E-state index contributed by atoms with van der Waals surface area (Å²) in [5.41, 5.74) is 2.86. The first-order valence-corrected chi connectivity index (χ1v) is 6.43. The molecule has 0 bridgehead atoms. The molecule has 6 nitrogen and oxygen atoms in total. The van der Waals surface area contributed by atoms with E-state index in [0.29, 0.717) is 5.92 Å². The van der Waals surface area contributed by atoms with Gasteiger partial charge in [0.15, 0.2) is 0 Å². The lowest BCUT2D eigenvalue weighted by atomic mass is 10.1. The summed E-state index contributed by atoms with van der Waals surface area (Å²) >= 11 is 0. The van der Waals surface area contributed by atoms with Crippen LogP contribution in [0.4, 0.5) is 5.95 Å². The van der Waals surface area contributed by atoms with Crippen LogP contribution in [-0.2, 0) is 0 Å². The maximum atomic E-state index is 4.50. The van der Waals surface area contributed by atoms with Crippen LogP contribution in [0.5, 0.6) is 0 Å². The maximum Gasteiger partial charge on any atom is 0.245 e. The number of hydrogen-bond donors (Lipinski definition) is 0. The van der Waals surface area contributed by atoms with Crippen molar-refractivity contribution in [2.24, 2.45) is 0 Å². The van der Waals surface area contributed by atoms with Gasteiger partial charge in [-0.2, -0.15) is 5.10 Å². The summed E-state index contributed by atoms with van der Waals surface area (Å²) in [7, 11) is 0. The molecular formula is C13H16N6. The molecule has 6 heteroatoms. The third-order valence-corrected chi connectivity index (χ3v) is 3.55. The highest BCUT2D eigenvalue weighted by Gasteiger charge is 2.27. The zero-order valence-electron chi connectivity index (χ0n) is 11.1. The fourth-order valence-corrected chi connectivity index (χ4v) is 2.28. The largest absolute Gasteiger partial charge is 0.339 e. The molecule has 3 rings (SSSR count). The van der Waals surface area contributed by atoms with Crippen molar-refractivity contribution in [3.63, 3.8) is 0 Å². The molecule has 2 aromatic heterocycles. The lowest BCUT2D eigenvalue weighted by molar-refractivity contribution is 0.733. The van der Waals surface area contributed by atoms with Crippen molar-refractivity contribution in [2.45, 2.75) is 26.2 Å². The molecule has 1 atom stereocenters. The Bertz CT molecular complexity index is 571. The Morgan fingerprint density at radius 2 is 2.05 bits per heavy atom. The molecule has 0 aliphatic carbocycles. The average Bonchev–Trinajstić information content (AvgIpc) is 2.93. The Hall–Kier alpha value is -2.11. The van der Waals surface area contributed by atoms with Gasteiger partial charge < -0.3 is 4.90 Å². The summed E-state index contributed by atoms with van der Waals surface area (Å²) < 4.78 is 0. The second-order valence-corrected chi connectivity index (χ2v) is 4.84. The van der Waals surface area contributed by atoms with Gasteiger partial charge in [-0.25, -0.2) is 4.98 Å². The topological polar surface area (TPSA) is 67.7 Å². The van der Waals surface area contributed by atoms with Crippen LogP contribution < -0.4 is 4.90 Å². The number of anilines is 1. The summed E-state index contributed by atoms with van der Waals surface area (Å²) in [4.78, 5) is 15.2. The molecule has 0 amide bonds. The molecule has 19 heavy (non-hydrogen) atoms. The van der Waals surface area contributed by atoms with E-state index in [2.05, 4.69) is 30.0 Å². The van der Waals surface area contributed by atoms with Crippen molar-refractivity contribution < 1.29 is 0 Å². The third kappa shape index (κ3) is 2.38. The molecule has 0 aromatic carbocycles. The standard InChI is InChI=1S/C13H16N6/c1-9-10(2)17-18-13(16-9)19-6-3-11(8-19)12-7-14-4-5-15-12/h4-5,7,11H,3,6,8H2,1-2H3. The monoisotopic (exact) mass is 256 g/mol. The maximum absolute atomic E-state index is 4.50. The van der Waals surface area contributed by atoms with Crippen molar-refractivity contribution in [1.82, 2.24) is 25.1 Å². The van der Waals surface area contributed by atoms with E-state index in [1.54, 1.807) is 12.4 Å². The van der Waals surface area contributed by atoms with E-state index in [4.69, 9.17) is 0 Å². The lowest BCUT2D eigenvalue weighted by Gasteiger charge is -2.16. The van der Waals surface area contributed by atoms with Crippen LogP contribution in [0.1, 0.15) is 29.4 Å². The first-order valence-electron chi connectivity index (χ1n) is 6.43. The molecule has 3 heterocycles. The van der Waals surface area contributed by atoms with Gasteiger partial charge in [-0.1, -0.05) is 0 Å². The zero-order valence-corrected chi connectivity index (χ0v) is 11.1. The first kappa shape index (κ1) is 12.0. The van der Waals surface area contributed by atoms with E-state index in [9.17, 15) is 0 Å². The van der Waals surface area contributed by atoms with E-state index in [1.165, 1.54) is 0 Å². The second-order valence-electron chi connectivity index (χ2n) is 4.84. The van der Waals surface area contributed by atoms with Gasteiger partial charge >= 0.3 is 0 Å². The predicted molar refractivity (Wildman–Crippen MR) is 70.9 cm³/mol. The molecule has 0 N–H and O–H groups in total.